The molecule has 132 valence electrons. The zero-order chi connectivity index (χ0) is 17.8. The number of primary amides is 1. The van der Waals surface area contributed by atoms with Gasteiger partial charge in [-0.05, 0) is 43.5 Å². The quantitative estimate of drug-likeness (QED) is 0.842. The maximum Gasteiger partial charge on any atom is 0.240 e. The van der Waals surface area contributed by atoms with Crippen molar-refractivity contribution in [2.24, 2.45) is 5.73 Å². The van der Waals surface area contributed by atoms with E-state index >= 15 is 0 Å². The Kier molecular flexibility index (Phi) is 5.11. The van der Waals surface area contributed by atoms with Crippen LogP contribution in [-0.4, -0.2) is 28.5 Å². The molecule has 6 nitrogen and oxygen atoms in total. The normalized spacial score (nSPS) is 16.9. The van der Waals surface area contributed by atoms with Crippen LogP contribution in [0, 0.1) is 5.82 Å². The topological polar surface area (TPSA) is 84.1 Å². The minimum Gasteiger partial charge on any atom is -0.368 e. The number of aryl methyl sites for hydroxylation is 1. The van der Waals surface area contributed by atoms with E-state index in [2.05, 4.69) is 22.2 Å². The van der Waals surface area contributed by atoms with Crippen molar-refractivity contribution in [3.63, 3.8) is 0 Å². The molecule has 0 spiro atoms. The summed E-state index contributed by atoms with van der Waals surface area (Å²) in [6.45, 7) is 2.82. The number of rotatable bonds is 6. The molecule has 2 heterocycles. The van der Waals surface area contributed by atoms with Crippen molar-refractivity contribution in [1.82, 2.24) is 9.97 Å². The lowest BCUT2D eigenvalue weighted by atomic mass is 10.2. The molecule has 0 saturated carbocycles. The number of halogens is 1. The summed E-state index contributed by atoms with van der Waals surface area (Å²) in [5.74, 6) is 0.501. The maximum absolute atomic E-state index is 13.1. The van der Waals surface area contributed by atoms with Gasteiger partial charge in [-0.1, -0.05) is 13.3 Å². The van der Waals surface area contributed by atoms with Crippen molar-refractivity contribution < 1.29 is 9.18 Å². The third kappa shape index (κ3) is 4.04. The van der Waals surface area contributed by atoms with Crippen LogP contribution < -0.4 is 16.0 Å². The van der Waals surface area contributed by atoms with Gasteiger partial charge >= 0.3 is 0 Å². The Hall–Kier alpha value is -2.70. The molecule has 1 saturated heterocycles. The van der Waals surface area contributed by atoms with E-state index in [0.717, 1.165) is 37.9 Å². The van der Waals surface area contributed by atoms with Crippen LogP contribution in [0.2, 0.25) is 0 Å². The van der Waals surface area contributed by atoms with Crippen LogP contribution in [-0.2, 0) is 11.2 Å². The number of anilines is 3. The molecular formula is C18H22FN5O. The monoisotopic (exact) mass is 343 g/mol. The molecule has 1 aromatic carbocycles. The number of benzene rings is 1. The van der Waals surface area contributed by atoms with Gasteiger partial charge < -0.3 is 16.0 Å². The zero-order valence-corrected chi connectivity index (χ0v) is 14.2. The van der Waals surface area contributed by atoms with Gasteiger partial charge in [0, 0.05) is 24.0 Å². The first kappa shape index (κ1) is 17.1. The molecule has 1 aliphatic heterocycles. The third-order valence-corrected chi connectivity index (χ3v) is 4.25. The molecule has 0 radical (unpaired) electrons. The second kappa shape index (κ2) is 7.46. The number of nitrogens with one attached hydrogen (secondary N) is 1. The number of amides is 1. The zero-order valence-electron chi connectivity index (χ0n) is 14.2. The first-order chi connectivity index (χ1) is 12.1. The van der Waals surface area contributed by atoms with Gasteiger partial charge in [0.05, 0.1) is 0 Å². The van der Waals surface area contributed by atoms with E-state index in [0.29, 0.717) is 17.5 Å². The van der Waals surface area contributed by atoms with E-state index in [4.69, 9.17) is 5.73 Å². The third-order valence-electron chi connectivity index (χ3n) is 4.25. The Morgan fingerprint density at radius 2 is 2.12 bits per heavy atom. The van der Waals surface area contributed by atoms with Crippen molar-refractivity contribution in [2.45, 2.75) is 38.6 Å². The Labute approximate surface area is 146 Å². The first-order valence-corrected chi connectivity index (χ1v) is 8.53. The number of aromatic nitrogens is 2. The van der Waals surface area contributed by atoms with Crippen LogP contribution in [0.15, 0.2) is 30.3 Å². The highest BCUT2D eigenvalue weighted by atomic mass is 19.1. The summed E-state index contributed by atoms with van der Waals surface area (Å²) in [5, 5.41) is 3.11. The summed E-state index contributed by atoms with van der Waals surface area (Å²) < 4.78 is 13.1. The van der Waals surface area contributed by atoms with Gasteiger partial charge in [-0.3, -0.25) is 4.79 Å². The van der Waals surface area contributed by atoms with Crippen LogP contribution in [0.5, 0.6) is 0 Å². The van der Waals surface area contributed by atoms with Gasteiger partial charge in [-0.2, -0.15) is 4.98 Å². The number of nitrogens with two attached hydrogens (primary N) is 1. The molecule has 7 heteroatoms. The first-order valence-electron chi connectivity index (χ1n) is 8.53. The Morgan fingerprint density at radius 1 is 1.36 bits per heavy atom. The van der Waals surface area contributed by atoms with Crippen LogP contribution in [0.4, 0.5) is 21.8 Å². The fourth-order valence-corrected chi connectivity index (χ4v) is 3.07. The molecule has 0 bridgehead atoms. The van der Waals surface area contributed by atoms with E-state index in [1.165, 1.54) is 12.1 Å². The minimum absolute atomic E-state index is 0.298. The van der Waals surface area contributed by atoms with Crippen LogP contribution in [0.1, 0.15) is 31.9 Å². The molecule has 1 fully saturated rings. The lowest BCUT2D eigenvalue weighted by Gasteiger charge is -2.24. The smallest absolute Gasteiger partial charge is 0.240 e. The van der Waals surface area contributed by atoms with Crippen LogP contribution >= 0.6 is 0 Å². The van der Waals surface area contributed by atoms with Gasteiger partial charge in [0.15, 0.2) is 0 Å². The number of nitrogens with zero attached hydrogens (tertiary/aromatic N) is 3. The summed E-state index contributed by atoms with van der Waals surface area (Å²) in [6.07, 6.45) is 3.40. The van der Waals surface area contributed by atoms with Gasteiger partial charge in [0.2, 0.25) is 11.9 Å². The number of carbonyl (C=O) groups is 1. The number of hydrogen-bond donors (Lipinski definition) is 2. The van der Waals surface area contributed by atoms with Crippen LogP contribution in [0.3, 0.4) is 0 Å². The Balaban J connectivity index is 1.91. The van der Waals surface area contributed by atoms with Crippen molar-refractivity contribution in [3.05, 3.63) is 41.8 Å². The molecule has 25 heavy (non-hydrogen) atoms. The molecular weight excluding hydrogens is 321 g/mol. The molecule has 2 aromatic rings. The summed E-state index contributed by atoms with van der Waals surface area (Å²) in [5.41, 5.74) is 7.12. The summed E-state index contributed by atoms with van der Waals surface area (Å²) in [7, 11) is 0. The molecule has 0 aliphatic carbocycles. The van der Waals surface area contributed by atoms with E-state index in [1.807, 2.05) is 11.0 Å². The highest BCUT2D eigenvalue weighted by Crippen LogP contribution is 2.26. The average Bonchev–Trinajstić information content (AvgIpc) is 3.07. The van der Waals surface area contributed by atoms with Gasteiger partial charge in [0.1, 0.15) is 17.7 Å². The Bertz CT molecular complexity index is 750. The standard InChI is InChI=1S/C18H22FN5O/c1-2-4-14-11-16(24-10-3-5-15(24)17(20)25)23-18(22-14)21-13-8-6-12(19)7-9-13/h6-9,11,15H,2-5,10H2,1H3,(H2,20,25)(H,21,22,23)/t15-/m0/s1. The predicted molar refractivity (Wildman–Crippen MR) is 95.3 cm³/mol. The van der Waals surface area contributed by atoms with Crippen molar-refractivity contribution >= 4 is 23.4 Å². The van der Waals surface area contributed by atoms with Gasteiger partial charge in [-0.15, -0.1) is 0 Å². The van der Waals surface area contributed by atoms with E-state index in [9.17, 15) is 9.18 Å². The SMILES string of the molecule is CCCc1cc(N2CCC[C@H]2C(N)=O)nc(Nc2ccc(F)cc2)n1. The summed E-state index contributed by atoms with van der Waals surface area (Å²) in [6, 6.07) is 7.61. The molecule has 1 amide bonds. The van der Waals surface area contributed by atoms with E-state index in [-0.39, 0.29) is 17.8 Å². The number of hydrogen-bond acceptors (Lipinski definition) is 5. The highest BCUT2D eigenvalue weighted by molar-refractivity contribution is 5.84. The van der Waals surface area contributed by atoms with Crippen LogP contribution in [0.25, 0.3) is 0 Å². The number of carbonyl (C=O) groups excluding carboxylic acids is 1. The maximum atomic E-state index is 13.1. The molecule has 1 aliphatic rings. The van der Waals surface area contributed by atoms with E-state index in [1.54, 1.807) is 12.1 Å². The second-order valence-electron chi connectivity index (χ2n) is 6.18. The molecule has 3 N–H and O–H groups in total. The Morgan fingerprint density at radius 3 is 2.80 bits per heavy atom. The lowest BCUT2D eigenvalue weighted by Crippen LogP contribution is -2.40. The molecule has 3 rings (SSSR count). The predicted octanol–water partition coefficient (Wildman–Crippen LogP) is 2.77. The van der Waals surface area contributed by atoms with Crippen molar-refractivity contribution in [3.8, 4) is 0 Å². The second-order valence-corrected chi connectivity index (χ2v) is 6.18. The van der Waals surface area contributed by atoms with E-state index < -0.39 is 0 Å². The van der Waals surface area contributed by atoms with Crippen molar-refractivity contribution in [2.75, 3.05) is 16.8 Å². The largest absolute Gasteiger partial charge is 0.368 e. The fourth-order valence-electron chi connectivity index (χ4n) is 3.07. The molecule has 1 atom stereocenters. The van der Waals surface area contributed by atoms with Crippen molar-refractivity contribution in [1.29, 1.82) is 0 Å². The molecule has 0 unspecified atom stereocenters. The van der Waals surface area contributed by atoms with Gasteiger partial charge in [0.25, 0.3) is 0 Å². The minimum atomic E-state index is -0.332. The highest BCUT2D eigenvalue weighted by Gasteiger charge is 2.30. The summed E-state index contributed by atoms with van der Waals surface area (Å²) >= 11 is 0. The lowest BCUT2D eigenvalue weighted by molar-refractivity contribution is -0.119. The fraction of sp³-hybridized carbons (Fsp3) is 0.389. The average molecular weight is 343 g/mol. The molecule has 1 aromatic heterocycles. The summed E-state index contributed by atoms with van der Waals surface area (Å²) in [4.78, 5) is 22.7. The van der Waals surface area contributed by atoms with Gasteiger partial charge in [-0.25, -0.2) is 9.37 Å².